The van der Waals surface area contributed by atoms with Crippen LogP contribution in [0.1, 0.15) is 11.1 Å². The van der Waals surface area contributed by atoms with Crippen LogP contribution in [0.15, 0.2) is 60.7 Å². The molecule has 0 amide bonds. The fourth-order valence-corrected chi connectivity index (χ4v) is 3.43. The van der Waals surface area contributed by atoms with Crippen LogP contribution in [-0.2, 0) is 6.18 Å². The molecule has 1 fully saturated rings. The monoisotopic (exact) mass is 406 g/mol. The molecule has 1 aliphatic heterocycles. The molecule has 1 aliphatic rings. The molecule has 2 aromatic carbocycles. The zero-order valence-corrected chi connectivity index (χ0v) is 16.2. The number of benzene rings is 2. The maximum Gasteiger partial charge on any atom is 0.416 e. The van der Waals surface area contributed by atoms with E-state index < -0.39 is 11.7 Å². The summed E-state index contributed by atoms with van der Waals surface area (Å²) in [5.41, 5.74) is 0.868. The molecule has 0 unspecified atom stereocenters. The van der Waals surface area contributed by atoms with E-state index in [1.54, 1.807) is 6.07 Å². The minimum atomic E-state index is -4.36. The Hall–Kier alpha value is -2.38. The first-order valence-corrected chi connectivity index (χ1v) is 9.61. The largest absolute Gasteiger partial charge is 0.416 e. The van der Waals surface area contributed by atoms with Gasteiger partial charge in [0.25, 0.3) is 0 Å². The highest BCUT2D eigenvalue weighted by molar-refractivity contribution is 7.80. The van der Waals surface area contributed by atoms with Gasteiger partial charge < -0.3 is 15.1 Å². The molecule has 2 N–H and O–H groups in total. The van der Waals surface area contributed by atoms with Gasteiger partial charge in [0.15, 0.2) is 5.11 Å². The van der Waals surface area contributed by atoms with Gasteiger partial charge in [-0.25, -0.2) is 0 Å². The van der Waals surface area contributed by atoms with Gasteiger partial charge in [-0.05, 0) is 42.1 Å². The molecule has 28 heavy (non-hydrogen) atoms. The van der Waals surface area contributed by atoms with Crippen molar-refractivity contribution in [2.75, 3.05) is 38.0 Å². The summed E-state index contributed by atoms with van der Waals surface area (Å²) < 4.78 is 38.5. The molecule has 0 aromatic heterocycles. The Morgan fingerprint density at radius 1 is 1.07 bits per heavy atom. The van der Waals surface area contributed by atoms with Gasteiger partial charge in [0.05, 0.1) is 38.3 Å². The van der Waals surface area contributed by atoms with Gasteiger partial charge in [-0.3, -0.25) is 0 Å². The number of nitrogens with one attached hydrogen (secondary N) is 2. The minimum absolute atomic E-state index is 0.361. The maximum atomic E-state index is 12.8. The molecule has 148 valence electrons. The second-order valence-electron chi connectivity index (χ2n) is 6.76. The molecule has 3 rings (SSSR count). The van der Waals surface area contributed by atoms with Gasteiger partial charge in [0.2, 0.25) is 0 Å². The normalized spacial score (nSPS) is 15.8. The lowest BCUT2D eigenvalue weighted by atomic mass is 10.2. The first-order valence-electron chi connectivity index (χ1n) is 9.20. The van der Waals surface area contributed by atoms with Crippen LogP contribution in [0.25, 0.3) is 6.08 Å². The molecule has 1 saturated heterocycles. The number of quaternary nitrogens is 1. The van der Waals surface area contributed by atoms with Crippen LogP contribution in [0.2, 0.25) is 0 Å². The lowest BCUT2D eigenvalue weighted by molar-refractivity contribution is -0.897. The summed E-state index contributed by atoms with van der Waals surface area (Å²) in [6.45, 7) is 4.36. The highest BCUT2D eigenvalue weighted by Gasteiger charge is 2.30. The number of piperazine rings is 1. The Labute approximate surface area is 168 Å². The van der Waals surface area contributed by atoms with Crippen molar-refractivity contribution >= 4 is 29.1 Å². The Bertz CT molecular complexity index is 813. The highest BCUT2D eigenvalue weighted by atomic mass is 32.1. The SMILES string of the molecule is FC(F)(F)c1cccc(NC(=S)N2CC[NH+](C/C=C/c3ccccc3)CC2)c1. The summed E-state index contributed by atoms with van der Waals surface area (Å²) in [4.78, 5) is 3.48. The third-order valence-corrected chi connectivity index (χ3v) is 5.08. The quantitative estimate of drug-likeness (QED) is 0.760. The average molecular weight is 406 g/mol. The van der Waals surface area contributed by atoms with Crippen molar-refractivity contribution in [3.8, 4) is 0 Å². The lowest BCUT2D eigenvalue weighted by Crippen LogP contribution is -3.14. The Balaban J connectivity index is 1.47. The first kappa shape index (κ1) is 20.4. The number of hydrogen-bond acceptors (Lipinski definition) is 1. The second kappa shape index (κ2) is 9.21. The Kier molecular flexibility index (Phi) is 6.70. The van der Waals surface area contributed by atoms with Gasteiger partial charge in [-0.15, -0.1) is 0 Å². The Morgan fingerprint density at radius 3 is 2.46 bits per heavy atom. The standard InChI is InChI=1S/C21H22F3N3S/c22-21(23,24)18-9-4-10-19(16-18)25-20(28)27-14-12-26(13-15-27)11-5-8-17-6-2-1-3-7-17/h1-10,16H,11-15H2,(H,25,28)/p+1/b8-5+. The molecule has 2 aromatic rings. The summed E-state index contributed by atoms with van der Waals surface area (Å²) in [6.07, 6.45) is -0.0553. The minimum Gasteiger partial charge on any atom is -0.338 e. The van der Waals surface area contributed by atoms with Gasteiger partial charge in [0.1, 0.15) is 0 Å². The van der Waals surface area contributed by atoms with Crippen LogP contribution in [-0.4, -0.2) is 42.7 Å². The zero-order valence-electron chi connectivity index (χ0n) is 15.4. The fourth-order valence-electron chi connectivity index (χ4n) is 3.13. The number of thiocarbonyl (C=S) groups is 1. The fraction of sp³-hybridized carbons (Fsp3) is 0.286. The zero-order chi connectivity index (χ0) is 20.0. The molecular weight excluding hydrogens is 383 g/mol. The van der Waals surface area contributed by atoms with E-state index in [2.05, 4.69) is 29.6 Å². The number of alkyl halides is 3. The van der Waals surface area contributed by atoms with Crippen molar-refractivity contribution in [2.45, 2.75) is 6.18 Å². The van der Waals surface area contributed by atoms with Gasteiger partial charge >= 0.3 is 6.18 Å². The topological polar surface area (TPSA) is 19.7 Å². The molecule has 0 bridgehead atoms. The summed E-state index contributed by atoms with van der Waals surface area (Å²) >= 11 is 5.39. The molecular formula is C21H23F3N3S+. The van der Waals surface area contributed by atoms with Crippen LogP contribution in [0.4, 0.5) is 18.9 Å². The molecule has 1 heterocycles. The molecule has 0 saturated carbocycles. The predicted molar refractivity (Wildman–Crippen MR) is 110 cm³/mol. The van der Waals surface area contributed by atoms with E-state index >= 15 is 0 Å². The number of rotatable bonds is 4. The first-order chi connectivity index (χ1) is 13.4. The van der Waals surface area contributed by atoms with E-state index in [1.165, 1.54) is 16.5 Å². The van der Waals surface area contributed by atoms with Crippen LogP contribution in [0.3, 0.4) is 0 Å². The van der Waals surface area contributed by atoms with Gasteiger partial charge in [-0.2, -0.15) is 13.2 Å². The van der Waals surface area contributed by atoms with E-state index in [0.717, 1.165) is 44.9 Å². The number of anilines is 1. The van der Waals surface area contributed by atoms with E-state index in [9.17, 15) is 13.2 Å². The average Bonchev–Trinajstić information content (AvgIpc) is 2.69. The second-order valence-corrected chi connectivity index (χ2v) is 7.15. The van der Waals surface area contributed by atoms with E-state index in [4.69, 9.17) is 12.2 Å². The van der Waals surface area contributed by atoms with Crippen LogP contribution >= 0.6 is 12.2 Å². The van der Waals surface area contributed by atoms with Crippen molar-refractivity contribution < 1.29 is 18.1 Å². The van der Waals surface area contributed by atoms with Gasteiger partial charge in [-0.1, -0.05) is 42.5 Å². The maximum absolute atomic E-state index is 12.8. The summed E-state index contributed by atoms with van der Waals surface area (Å²) in [7, 11) is 0. The predicted octanol–water partition coefficient (Wildman–Crippen LogP) is 3.32. The molecule has 7 heteroatoms. The Morgan fingerprint density at radius 2 is 1.79 bits per heavy atom. The van der Waals surface area contributed by atoms with Crippen LogP contribution < -0.4 is 10.2 Å². The van der Waals surface area contributed by atoms with Crippen LogP contribution in [0.5, 0.6) is 0 Å². The molecule has 0 atom stereocenters. The highest BCUT2D eigenvalue weighted by Crippen LogP contribution is 2.30. The number of nitrogens with zero attached hydrogens (tertiary/aromatic N) is 1. The number of halogens is 3. The molecule has 3 nitrogen and oxygen atoms in total. The van der Waals surface area contributed by atoms with Crippen LogP contribution in [0, 0.1) is 0 Å². The summed E-state index contributed by atoms with van der Waals surface area (Å²) in [6, 6.07) is 15.3. The van der Waals surface area contributed by atoms with Crippen molar-refractivity contribution in [2.24, 2.45) is 0 Å². The van der Waals surface area contributed by atoms with Crippen molar-refractivity contribution in [1.82, 2.24) is 4.90 Å². The van der Waals surface area contributed by atoms with Crippen molar-refractivity contribution in [3.63, 3.8) is 0 Å². The third kappa shape index (κ3) is 5.81. The van der Waals surface area contributed by atoms with E-state index in [1.807, 2.05) is 23.1 Å². The third-order valence-electron chi connectivity index (χ3n) is 4.72. The number of hydrogen-bond donors (Lipinski definition) is 2. The van der Waals surface area contributed by atoms with E-state index in [-0.39, 0.29) is 0 Å². The lowest BCUT2D eigenvalue weighted by Gasteiger charge is -2.33. The van der Waals surface area contributed by atoms with Crippen molar-refractivity contribution in [1.29, 1.82) is 0 Å². The van der Waals surface area contributed by atoms with E-state index in [0.29, 0.717) is 10.8 Å². The van der Waals surface area contributed by atoms with Crippen molar-refractivity contribution in [3.05, 3.63) is 71.8 Å². The summed E-state index contributed by atoms with van der Waals surface area (Å²) in [5, 5.41) is 3.41. The molecule has 0 aliphatic carbocycles. The molecule has 0 spiro atoms. The summed E-state index contributed by atoms with van der Waals surface area (Å²) in [5.74, 6) is 0. The van der Waals surface area contributed by atoms with Gasteiger partial charge in [0, 0.05) is 5.69 Å². The smallest absolute Gasteiger partial charge is 0.338 e. The molecule has 0 radical (unpaired) electrons.